The van der Waals surface area contributed by atoms with E-state index < -0.39 is 9.84 Å². The fraction of sp³-hybridized carbons (Fsp3) is 0.600. The fourth-order valence-electron chi connectivity index (χ4n) is 1.98. The minimum atomic E-state index is -3.00. The highest BCUT2D eigenvalue weighted by Gasteiger charge is 2.19. The number of methoxy groups -OCH3 is 1. The largest absolute Gasteiger partial charge is 0.496 e. The number of halogens is 1. The van der Waals surface area contributed by atoms with Crippen molar-refractivity contribution in [3.8, 4) is 5.75 Å². The lowest BCUT2D eigenvalue weighted by atomic mass is 9.98. The summed E-state index contributed by atoms with van der Waals surface area (Å²) in [6, 6.07) is 7.77. The highest BCUT2D eigenvalue weighted by molar-refractivity contribution is 7.91. The highest BCUT2D eigenvalue weighted by Crippen LogP contribution is 2.23. The molecule has 114 valence electrons. The molecule has 1 atom stereocenters. The van der Waals surface area contributed by atoms with Gasteiger partial charge in [0.1, 0.15) is 5.75 Å². The van der Waals surface area contributed by atoms with Crippen molar-refractivity contribution in [2.75, 3.05) is 18.7 Å². The predicted molar refractivity (Wildman–Crippen MR) is 84.4 cm³/mol. The van der Waals surface area contributed by atoms with Crippen LogP contribution in [0.1, 0.15) is 25.8 Å². The summed E-state index contributed by atoms with van der Waals surface area (Å²) in [6.07, 6.45) is 1.32. The summed E-state index contributed by atoms with van der Waals surface area (Å²) < 4.78 is 29.0. The molecule has 0 aliphatic rings. The molecule has 0 radical (unpaired) electrons. The van der Waals surface area contributed by atoms with Crippen molar-refractivity contribution >= 4 is 21.4 Å². The standard InChI is InChI=1S/C15H23ClO3S/c1-12(2)20(17,18)9-8-13(11-16)10-14-6-4-5-7-15(14)19-3/h4-7,12-13H,8-11H2,1-3H3. The zero-order chi connectivity index (χ0) is 15.2. The van der Waals surface area contributed by atoms with E-state index in [0.29, 0.717) is 12.3 Å². The summed E-state index contributed by atoms with van der Waals surface area (Å²) in [5, 5.41) is -0.329. The Morgan fingerprint density at radius 3 is 2.45 bits per heavy atom. The van der Waals surface area contributed by atoms with E-state index >= 15 is 0 Å². The zero-order valence-corrected chi connectivity index (χ0v) is 13.9. The quantitative estimate of drug-likeness (QED) is 0.691. The van der Waals surface area contributed by atoms with E-state index in [1.807, 2.05) is 24.3 Å². The number of hydrogen-bond donors (Lipinski definition) is 0. The first-order valence-corrected chi connectivity index (χ1v) is 9.05. The van der Waals surface area contributed by atoms with Crippen molar-refractivity contribution in [2.24, 2.45) is 5.92 Å². The second-order valence-corrected chi connectivity index (χ2v) is 8.23. The van der Waals surface area contributed by atoms with Gasteiger partial charge in [-0.1, -0.05) is 18.2 Å². The first-order chi connectivity index (χ1) is 9.40. The van der Waals surface area contributed by atoms with E-state index in [4.69, 9.17) is 16.3 Å². The Morgan fingerprint density at radius 1 is 1.25 bits per heavy atom. The molecule has 0 N–H and O–H groups in total. The molecule has 1 aromatic carbocycles. The predicted octanol–water partition coefficient (Wildman–Crippen LogP) is 3.31. The van der Waals surface area contributed by atoms with Gasteiger partial charge in [-0.2, -0.15) is 0 Å². The van der Waals surface area contributed by atoms with E-state index in [0.717, 1.165) is 17.7 Å². The Morgan fingerprint density at radius 2 is 1.90 bits per heavy atom. The van der Waals surface area contributed by atoms with Crippen LogP contribution in [0.2, 0.25) is 0 Å². The van der Waals surface area contributed by atoms with Crippen LogP contribution in [0, 0.1) is 5.92 Å². The van der Waals surface area contributed by atoms with Gasteiger partial charge in [0.15, 0.2) is 9.84 Å². The lowest BCUT2D eigenvalue weighted by Crippen LogP contribution is -2.21. The van der Waals surface area contributed by atoms with Crippen molar-refractivity contribution in [3.63, 3.8) is 0 Å². The van der Waals surface area contributed by atoms with Gasteiger partial charge in [-0.05, 0) is 44.2 Å². The Hall–Kier alpha value is -0.740. The van der Waals surface area contributed by atoms with Gasteiger partial charge in [0.05, 0.1) is 18.1 Å². The van der Waals surface area contributed by atoms with E-state index in [-0.39, 0.29) is 16.9 Å². The van der Waals surface area contributed by atoms with Crippen LogP contribution in [0.15, 0.2) is 24.3 Å². The lowest BCUT2D eigenvalue weighted by molar-refractivity contribution is 0.405. The number of benzene rings is 1. The third kappa shape index (κ3) is 4.98. The van der Waals surface area contributed by atoms with Gasteiger partial charge in [-0.25, -0.2) is 8.42 Å². The summed E-state index contributed by atoms with van der Waals surface area (Å²) in [5.74, 6) is 1.61. The Labute approximate surface area is 127 Å². The third-order valence-corrected chi connectivity index (χ3v) is 6.13. The molecular formula is C15H23ClO3S. The average Bonchev–Trinajstić information content (AvgIpc) is 2.43. The molecule has 20 heavy (non-hydrogen) atoms. The van der Waals surface area contributed by atoms with Crippen molar-refractivity contribution < 1.29 is 13.2 Å². The number of para-hydroxylation sites is 1. The second kappa shape index (κ2) is 7.89. The molecule has 0 aromatic heterocycles. The average molecular weight is 319 g/mol. The molecular weight excluding hydrogens is 296 g/mol. The van der Waals surface area contributed by atoms with Crippen LogP contribution in [0.4, 0.5) is 0 Å². The minimum absolute atomic E-state index is 0.140. The maximum absolute atomic E-state index is 11.9. The van der Waals surface area contributed by atoms with Crippen LogP contribution < -0.4 is 4.74 Å². The highest BCUT2D eigenvalue weighted by atomic mass is 35.5. The van der Waals surface area contributed by atoms with Gasteiger partial charge in [0.25, 0.3) is 0 Å². The van der Waals surface area contributed by atoms with Crippen LogP contribution >= 0.6 is 11.6 Å². The molecule has 0 spiro atoms. The van der Waals surface area contributed by atoms with E-state index in [1.165, 1.54) is 0 Å². The Kier molecular flexibility index (Phi) is 6.83. The molecule has 1 rings (SSSR count). The van der Waals surface area contributed by atoms with Crippen LogP contribution in [0.3, 0.4) is 0 Å². The smallest absolute Gasteiger partial charge is 0.152 e. The van der Waals surface area contributed by atoms with Crippen molar-refractivity contribution in [1.29, 1.82) is 0 Å². The zero-order valence-electron chi connectivity index (χ0n) is 12.3. The van der Waals surface area contributed by atoms with Gasteiger partial charge in [-0.15, -0.1) is 11.6 Å². The van der Waals surface area contributed by atoms with Crippen molar-refractivity contribution in [3.05, 3.63) is 29.8 Å². The molecule has 3 nitrogen and oxygen atoms in total. The molecule has 0 saturated heterocycles. The second-order valence-electron chi connectivity index (χ2n) is 5.24. The molecule has 0 amide bonds. The fourth-order valence-corrected chi connectivity index (χ4v) is 3.38. The molecule has 0 aliphatic carbocycles. The monoisotopic (exact) mass is 318 g/mol. The maximum Gasteiger partial charge on any atom is 0.152 e. The summed E-state index contributed by atoms with van der Waals surface area (Å²) in [5.41, 5.74) is 1.07. The van der Waals surface area contributed by atoms with Crippen LogP contribution in [0.5, 0.6) is 5.75 Å². The summed E-state index contributed by atoms with van der Waals surface area (Å²) in [6.45, 7) is 3.43. The molecule has 0 fully saturated rings. The molecule has 0 aliphatic heterocycles. The van der Waals surface area contributed by atoms with Crippen molar-refractivity contribution in [2.45, 2.75) is 31.9 Å². The molecule has 0 saturated carbocycles. The molecule has 1 unspecified atom stereocenters. The summed E-state index contributed by atoms with van der Waals surface area (Å²) in [4.78, 5) is 0. The third-order valence-electron chi connectivity index (χ3n) is 3.45. The number of rotatable bonds is 8. The number of hydrogen-bond acceptors (Lipinski definition) is 3. The van der Waals surface area contributed by atoms with Crippen molar-refractivity contribution in [1.82, 2.24) is 0 Å². The van der Waals surface area contributed by atoms with Gasteiger partial charge >= 0.3 is 0 Å². The number of sulfone groups is 1. The molecule has 1 aromatic rings. The SMILES string of the molecule is COc1ccccc1CC(CCl)CCS(=O)(=O)C(C)C. The van der Waals surface area contributed by atoms with Crippen LogP contribution in [-0.4, -0.2) is 32.4 Å². The van der Waals surface area contributed by atoms with E-state index in [9.17, 15) is 8.42 Å². The van der Waals surface area contributed by atoms with E-state index in [1.54, 1.807) is 21.0 Å². The summed E-state index contributed by atoms with van der Waals surface area (Å²) >= 11 is 5.99. The summed E-state index contributed by atoms with van der Waals surface area (Å²) in [7, 11) is -1.36. The van der Waals surface area contributed by atoms with Gasteiger partial charge in [0, 0.05) is 5.88 Å². The maximum atomic E-state index is 11.9. The molecule has 0 heterocycles. The number of ether oxygens (including phenoxy) is 1. The van der Waals surface area contributed by atoms with E-state index in [2.05, 4.69) is 0 Å². The lowest BCUT2D eigenvalue weighted by Gasteiger charge is -2.17. The van der Waals surface area contributed by atoms with Crippen LogP contribution in [0.25, 0.3) is 0 Å². The first kappa shape index (κ1) is 17.3. The van der Waals surface area contributed by atoms with Gasteiger partial charge in [0.2, 0.25) is 0 Å². The normalized spacial score (nSPS) is 13.4. The topological polar surface area (TPSA) is 43.4 Å². The molecule has 0 bridgehead atoms. The minimum Gasteiger partial charge on any atom is -0.496 e. The molecule has 5 heteroatoms. The Bertz CT molecular complexity index is 512. The van der Waals surface area contributed by atoms with Gasteiger partial charge < -0.3 is 4.74 Å². The number of alkyl halides is 1. The Balaban J connectivity index is 2.69. The first-order valence-electron chi connectivity index (χ1n) is 6.80. The van der Waals surface area contributed by atoms with Crippen LogP contribution in [-0.2, 0) is 16.3 Å². The van der Waals surface area contributed by atoms with Gasteiger partial charge in [-0.3, -0.25) is 0 Å².